The number of rotatable bonds is 2. The van der Waals surface area contributed by atoms with Crippen molar-refractivity contribution < 1.29 is 0 Å². The van der Waals surface area contributed by atoms with E-state index in [1.54, 1.807) is 14.1 Å². The first-order chi connectivity index (χ1) is 9.59. The molecule has 2 heterocycles. The SMILES string of the molecule is Cn1ncc2c(=O)n(Cc3ccccc3)c(=O)n(C)c21. The molecule has 0 unspecified atom stereocenters. The molecule has 0 atom stereocenters. The summed E-state index contributed by atoms with van der Waals surface area (Å²) in [4.78, 5) is 24.8. The van der Waals surface area contributed by atoms with E-state index in [0.29, 0.717) is 11.0 Å². The molecule has 0 bridgehead atoms. The standard InChI is InChI=1S/C14H14N4O2/c1-16-12-11(8-15-17(12)2)13(19)18(14(16)20)9-10-6-4-3-5-7-10/h3-8H,9H2,1-2H3. The molecule has 0 amide bonds. The Kier molecular flexibility index (Phi) is 2.78. The molecule has 0 spiro atoms. The average molecular weight is 270 g/mol. The second-order valence-corrected chi connectivity index (χ2v) is 4.72. The number of aryl methyl sites for hydroxylation is 2. The Morgan fingerprint density at radius 2 is 1.80 bits per heavy atom. The minimum atomic E-state index is -0.338. The van der Waals surface area contributed by atoms with Crippen LogP contribution in [0.3, 0.4) is 0 Å². The number of nitrogens with zero attached hydrogens (tertiary/aromatic N) is 4. The van der Waals surface area contributed by atoms with Gasteiger partial charge in [-0.05, 0) is 5.56 Å². The molecule has 0 N–H and O–H groups in total. The van der Waals surface area contributed by atoms with Gasteiger partial charge in [-0.3, -0.25) is 18.6 Å². The van der Waals surface area contributed by atoms with E-state index in [4.69, 9.17) is 0 Å². The number of fused-ring (bicyclic) bond motifs is 1. The molecule has 102 valence electrons. The highest BCUT2D eigenvalue weighted by Gasteiger charge is 2.14. The average Bonchev–Trinajstić information content (AvgIpc) is 2.84. The smallest absolute Gasteiger partial charge is 0.281 e. The maximum Gasteiger partial charge on any atom is 0.332 e. The van der Waals surface area contributed by atoms with Gasteiger partial charge in [-0.1, -0.05) is 30.3 Å². The summed E-state index contributed by atoms with van der Waals surface area (Å²) in [6.07, 6.45) is 1.50. The lowest BCUT2D eigenvalue weighted by molar-refractivity contribution is 0.645. The molecule has 0 radical (unpaired) electrons. The maximum absolute atomic E-state index is 12.4. The van der Waals surface area contributed by atoms with Crippen molar-refractivity contribution in [2.75, 3.05) is 0 Å². The molecule has 3 aromatic rings. The van der Waals surface area contributed by atoms with Crippen LogP contribution in [0.5, 0.6) is 0 Å². The van der Waals surface area contributed by atoms with Crippen molar-refractivity contribution in [1.29, 1.82) is 0 Å². The Labute approximate surface area is 114 Å². The van der Waals surface area contributed by atoms with Gasteiger partial charge >= 0.3 is 5.69 Å². The van der Waals surface area contributed by atoms with E-state index in [1.165, 1.54) is 20.0 Å². The van der Waals surface area contributed by atoms with Gasteiger partial charge in [0.25, 0.3) is 5.56 Å². The number of hydrogen-bond acceptors (Lipinski definition) is 3. The minimum absolute atomic E-state index is 0.261. The predicted molar refractivity (Wildman–Crippen MR) is 75.8 cm³/mol. The van der Waals surface area contributed by atoms with E-state index in [0.717, 1.165) is 5.56 Å². The van der Waals surface area contributed by atoms with Crippen molar-refractivity contribution in [3.8, 4) is 0 Å². The monoisotopic (exact) mass is 270 g/mol. The van der Waals surface area contributed by atoms with E-state index >= 15 is 0 Å². The van der Waals surface area contributed by atoms with E-state index in [1.807, 2.05) is 30.3 Å². The van der Waals surface area contributed by atoms with Gasteiger partial charge in [0.1, 0.15) is 11.0 Å². The normalized spacial score (nSPS) is 11.1. The summed E-state index contributed by atoms with van der Waals surface area (Å²) in [5.74, 6) is 0. The summed E-state index contributed by atoms with van der Waals surface area (Å²) < 4.78 is 4.22. The molecule has 20 heavy (non-hydrogen) atoms. The maximum atomic E-state index is 12.4. The van der Waals surface area contributed by atoms with Gasteiger partial charge in [0.05, 0.1) is 12.7 Å². The van der Waals surface area contributed by atoms with E-state index in [2.05, 4.69) is 5.10 Å². The molecule has 0 aliphatic carbocycles. The van der Waals surface area contributed by atoms with Crippen molar-refractivity contribution in [2.24, 2.45) is 14.1 Å². The lowest BCUT2D eigenvalue weighted by Gasteiger charge is -2.09. The fourth-order valence-corrected chi connectivity index (χ4v) is 2.39. The summed E-state index contributed by atoms with van der Waals surface area (Å²) >= 11 is 0. The summed E-state index contributed by atoms with van der Waals surface area (Å²) in [5.41, 5.74) is 0.800. The second kappa shape index (κ2) is 4.48. The zero-order valence-corrected chi connectivity index (χ0v) is 11.3. The zero-order valence-electron chi connectivity index (χ0n) is 11.3. The molecule has 2 aromatic heterocycles. The van der Waals surface area contributed by atoms with Crippen LogP contribution in [0.4, 0.5) is 0 Å². The lowest BCUT2D eigenvalue weighted by atomic mass is 10.2. The Bertz CT molecular complexity index is 887. The molecule has 0 saturated carbocycles. The Morgan fingerprint density at radius 1 is 1.10 bits per heavy atom. The molecule has 0 aliphatic rings. The summed E-state index contributed by atoms with van der Waals surface area (Å²) in [5, 5.41) is 4.50. The largest absolute Gasteiger partial charge is 0.332 e. The van der Waals surface area contributed by atoms with Crippen LogP contribution in [-0.2, 0) is 20.6 Å². The van der Waals surface area contributed by atoms with E-state index in [-0.39, 0.29) is 17.8 Å². The minimum Gasteiger partial charge on any atom is -0.281 e. The molecule has 1 aromatic carbocycles. The van der Waals surface area contributed by atoms with Crippen LogP contribution in [-0.4, -0.2) is 18.9 Å². The summed E-state index contributed by atoms with van der Waals surface area (Å²) in [6.45, 7) is 0.261. The van der Waals surface area contributed by atoms with Crippen LogP contribution in [0, 0.1) is 0 Å². The van der Waals surface area contributed by atoms with Crippen molar-refractivity contribution in [3.63, 3.8) is 0 Å². The van der Waals surface area contributed by atoms with Crippen LogP contribution in [0.25, 0.3) is 11.0 Å². The first-order valence-corrected chi connectivity index (χ1v) is 6.25. The molecular weight excluding hydrogens is 256 g/mol. The van der Waals surface area contributed by atoms with Gasteiger partial charge in [0, 0.05) is 14.1 Å². The fraction of sp³-hybridized carbons (Fsp3) is 0.214. The first-order valence-electron chi connectivity index (χ1n) is 6.25. The van der Waals surface area contributed by atoms with Crippen LogP contribution in [0.2, 0.25) is 0 Å². The van der Waals surface area contributed by atoms with Crippen molar-refractivity contribution in [3.05, 3.63) is 62.9 Å². The molecule has 0 aliphatic heterocycles. The first kappa shape index (κ1) is 12.4. The third-order valence-electron chi connectivity index (χ3n) is 3.40. The van der Waals surface area contributed by atoms with E-state index < -0.39 is 0 Å². The number of hydrogen-bond donors (Lipinski definition) is 0. The number of benzene rings is 1. The van der Waals surface area contributed by atoms with Gasteiger partial charge in [-0.25, -0.2) is 4.79 Å². The zero-order chi connectivity index (χ0) is 14.3. The highest BCUT2D eigenvalue weighted by Crippen LogP contribution is 2.05. The molecule has 0 saturated heterocycles. The lowest BCUT2D eigenvalue weighted by Crippen LogP contribution is -2.39. The van der Waals surface area contributed by atoms with Crippen molar-refractivity contribution in [1.82, 2.24) is 18.9 Å². The third kappa shape index (κ3) is 1.77. The molecule has 0 fully saturated rings. The van der Waals surface area contributed by atoms with Gasteiger partial charge in [-0.15, -0.1) is 0 Å². The third-order valence-corrected chi connectivity index (χ3v) is 3.40. The highest BCUT2D eigenvalue weighted by molar-refractivity contribution is 5.73. The highest BCUT2D eigenvalue weighted by atomic mass is 16.2. The van der Waals surface area contributed by atoms with Gasteiger partial charge in [0.2, 0.25) is 0 Å². The molecule has 6 nitrogen and oxygen atoms in total. The van der Waals surface area contributed by atoms with Crippen LogP contribution in [0.15, 0.2) is 46.1 Å². The summed E-state index contributed by atoms with van der Waals surface area (Å²) in [6, 6.07) is 9.44. The molecule has 3 rings (SSSR count). The van der Waals surface area contributed by atoms with Crippen LogP contribution in [0.1, 0.15) is 5.56 Å². The van der Waals surface area contributed by atoms with Gasteiger partial charge in [-0.2, -0.15) is 5.10 Å². The molecular formula is C14H14N4O2. The van der Waals surface area contributed by atoms with Gasteiger partial charge < -0.3 is 0 Å². The predicted octanol–water partition coefficient (Wildman–Crippen LogP) is 0.482. The molecule has 6 heteroatoms. The van der Waals surface area contributed by atoms with Crippen molar-refractivity contribution >= 4 is 11.0 Å². The Hall–Kier alpha value is -2.63. The van der Waals surface area contributed by atoms with Crippen molar-refractivity contribution in [2.45, 2.75) is 6.54 Å². The van der Waals surface area contributed by atoms with Gasteiger partial charge in [0.15, 0.2) is 0 Å². The van der Waals surface area contributed by atoms with Crippen LogP contribution < -0.4 is 11.2 Å². The van der Waals surface area contributed by atoms with Crippen LogP contribution >= 0.6 is 0 Å². The number of aromatic nitrogens is 4. The summed E-state index contributed by atoms with van der Waals surface area (Å²) in [7, 11) is 3.36. The Balaban J connectivity index is 2.27. The quantitative estimate of drug-likeness (QED) is 0.680. The fourth-order valence-electron chi connectivity index (χ4n) is 2.39. The topological polar surface area (TPSA) is 61.8 Å². The Morgan fingerprint density at radius 3 is 2.50 bits per heavy atom. The second-order valence-electron chi connectivity index (χ2n) is 4.72. The van der Waals surface area contributed by atoms with E-state index in [9.17, 15) is 9.59 Å².